The third kappa shape index (κ3) is 4.18. The third-order valence-electron chi connectivity index (χ3n) is 1.67. The summed E-state index contributed by atoms with van der Waals surface area (Å²) in [7, 11) is 0. The molecule has 0 fully saturated rings. The van der Waals surface area contributed by atoms with Crippen LogP contribution in [0, 0.1) is 5.41 Å². The second-order valence-electron chi connectivity index (χ2n) is 4.56. The number of hydrogen-bond donors (Lipinski definition) is 2. The average Bonchev–Trinajstić information content (AvgIpc) is 2.01. The molecule has 0 saturated heterocycles. The first kappa shape index (κ1) is 10.9. The highest BCUT2D eigenvalue weighted by molar-refractivity contribution is 5.24. The predicted molar refractivity (Wildman–Crippen MR) is 57.6 cm³/mol. The maximum atomic E-state index is 5.54. The molecule has 1 aromatic rings. The van der Waals surface area contributed by atoms with Gasteiger partial charge in [0, 0.05) is 12.7 Å². The highest BCUT2D eigenvalue weighted by Gasteiger charge is 2.09. The Labute approximate surface area is 85.0 Å². The summed E-state index contributed by atoms with van der Waals surface area (Å²) in [4.78, 5) is 8.20. The molecule has 0 aromatic carbocycles. The van der Waals surface area contributed by atoms with Crippen LogP contribution in [0.15, 0.2) is 12.3 Å². The van der Waals surface area contributed by atoms with Gasteiger partial charge in [0.1, 0.15) is 11.6 Å². The molecule has 78 valence electrons. The zero-order valence-corrected chi connectivity index (χ0v) is 9.04. The van der Waals surface area contributed by atoms with Crippen LogP contribution in [0.5, 0.6) is 0 Å². The third-order valence-corrected chi connectivity index (χ3v) is 1.67. The van der Waals surface area contributed by atoms with Gasteiger partial charge in [0.2, 0.25) is 0 Å². The van der Waals surface area contributed by atoms with Crippen LogP contribution in [-0.4, -0.2) is 16.5 Å². The van der Waals surface area contributed by atoms with Crippen LogP contribution >= 0.6 is 0 Å². The minimum atomic E-state index is 0.278. The van der Waals surface area contributed by atoms with E-state index in [4.69, 9.17) is 5.73 Å². The van der Waals surface area contributed by atoms with E-state index in [0.717, 1.165) is 12.4 Å². The van der Waals surface area contributed by atoms with E-state index in [1.807, 2.05) is 0 Å². The summed E-state index contributed by atoms with van der Waals surface area (Å²) in [6.45, 7) is 8.15. The van der Waals surface area contributed by atoms with Gasteiger partial charge in [0.15, 0.2) is 0 Å². The summed E-state index contributed by atoms with van der Waals surface area (Å²) >= 11 is 0. The van der Waals surface area contributed by atoms with E-state index < -0.39 is 0 Å². The Hall–Kier alpha value is -1.16. The molecule has 0 unspecified atom stereocenters. The summed E-state index contributed by atoms with van der Waals surface area (Å²) in [5.74, 6) is 1.27. The zero-order chi connectivity index (χ0) is 10.6. The maximum absolute atomic E-state index is 5.54. The van der Waals surface area contributed by atoms with E-state index in [0.29, 0.717) is 12.4 Å². The van der Waals surface area contributed by atoms with Gasteiger partial charge in [-0.05, 0) is 11.5 Å². The topological polar surface area (TPSA) is 63.8 Å². The normalized spacial score (nSPS) is 11.6. The Morgan fingerprint density at radius 2 is 2.14 bits per heavy atom. The molecule has 4 nitrogen and oxygen atoms in total. The molecule has 0 aliphatic heterocycles. The van der Waals surface area contributed by atoms with E-state index in [-0.39, 0.29) is 5.41 Å². The van der Waals surface area contributed by atoms with Crippen molar-refractivity contribution in [3.05, 3.63) is 18.1 Å². The van der Waals surface area contributed by atoms with Crippen molar-refractivity contribution in [2.24, 2.45) is 5.41 Å². The second-order valence-corrected chi connectivity index (χ2v) is 4.56. The number of anilines is 1. The number of nitrogen functional groups attached to an aromatic ring is 1. The van der Waals surface area contributed by atoms with Gasteiger partial charge in [0.05, 0.1) is 6.54 Å². The van der Waals surface area contributed by atoms with Crippen LogP contribution in [0.3, 0.4) is 0 Å². The fourth-order valence-corrected chi connectivity index (χ4v) is 1.05. The summed E-state index contributed by atoms with van der Waals surface area (Å²) in [6, 6.07) is 1.69. The minimum Gasteiger partial charge on any atom is -0.384 e. The first-order valence-electron chi connectivity index (χ1n) is 4.75. The molecule has 0 saturated carbocycles. The molecule has 0 bridgehead atoms. The van der Waals surface area contributed by atoms with E-state index in [1.54, 1.807) is 12.3 Å². The lowest BCUT2D eigenvalue weighted by Crippen LogP contribution is -2.27. The molecule has 0 amide bonds. The molecule has 0 aliphatic carbocycles. The van der Waals surface area contributed by atoms with Crippen molar-refractivity contribution in [1.82, 2.24) is 15.3 Å². The quantitative estimate of drug-likeness (QED) is 0.758. The van der Waals surface area contributed by atoms with Gasteiger partial charge >= 0.3 is 0 Å². The number of rotatable bonds is 3. The van der Waals surface area contributed by atoms with Crippen LogP contribution in [-0.2, 0) is 6.54 Å². The molecule has 0 aliphatic rings. The Morgan fingerprint density at radius 3 is 2.71 bits per heavy atom. The molecule has 0 atom stereocenters. The van der Waals surface area contributed by atoms with E-state index in [9.17, 15) is 0 Å². The smallest absolute Gasteiger partial charge is 0.144 e. The molecule has 0 spiro atoms. The molecule has 14 heavy (non-hydrogen) atoms. The fourth-order valence-electron chi connectivity index (χ4n) is 1.05. The number of hydrogen-bond acceptors (Lipinski definition) is 4. The number of nitrogens with two attached hydrogens (primary N) is 1. The molecular weight excluding hydrogens is 176 g/mol. The summed E-state index contributed by atoms with van der Waals surface area (Å²) < 4.78 is 0. The van der Waals surface area contributed by atoms with Crippen LogP contribution in [0.4, 0.5) is 5.82 Å². The summed E-state index contributed by atoms with van der Waals surface area (Å²) in [5, 5.41) is 3.29. The van der Waals surface area contributed by atoms with Crippen LogP contribution in [0.25, 0.3) is 0 Å². The number of nitrogens with one attached hydrogen (secondary N) is 1. The molecule has 1 rings (SSSR count). The highest BCUT2D eigenvalue weighted by atomic mass is 15.0. The molecule has 3 N–H and O–H groups in total. The Kier molecular flexibility index (Phi) is 3.41. The predicted octanol–water partition coefficient (Wildman–Crippen LogP) is 1.19. The van der Waals surface area contributed by atoms with Crippen molar-refractivity contribution in [3.63, 3.8) is 0 Å². The van der Waals surface area contributed by atoms with Gasteiger partial charge in [0.25, 0.3) is 0 Å². The average molecular weight is 194 g/mol. The van der Waals surface area contributed by atoms with Crippen LogP contribution in [0.2, 0.25) is 0 Å². The van der Waals surface area contributed by atoms with Gasteiger partial charge in [-0.25, -0.2) is 9.97 Å². The van der Waals surface area contributed by atoms with Crippen molar-refractivity contribution in [3.8, 4) is 0 Å². The maximum Gasteiger partial charge on any atom is 0.144 e. The standard InChI is InChI=1S/C10H18N4/c1-10(2,3)7-12-6-9-13-5-4-8(11)14-9/h4-5,12H,6-7H2,1-3H3,(H2,11,13,14). The van der Waals surface area contributed by atoms with E-state index >= 15 is 0 Å². The molecule has 1 aromatic heterocycles. The van der Waals surface area contributed by atoms with Gasteiger partial charge in [-0.15, -0.1) is 0 Å². The van der Waals surface area contributed by atoms with E-state index in [2.05, 4.69) is 36.1 Å². The number of nitrogens with zero attached hydrogens (tertiary/aromatic N) is 2. The fraction of sp³-hybridized carbons (Fsp3) is 0.600. The second kappa shape index (κ2) is 4.37. The van der Waals surface area contributed by atoms with Crippen molar-refractivity contribution < 1.29 is 0 Å². The Balaban J connectivity index is 2.39. The minimum absolute atomic E-state index is 0.278. The molecule has 0 radical (unpaired) electrons. The lowest BCUT2D eigenvalue weighted by Gasteiger charge is -2.18. The molecule has 1 heterocycles. The molecular formula is C10H18N4. The van der Waals surface area contributed by atoms with Crippen LogP contribution in [0.1, 0.15) is 26.6 Å². The SMILES string of the molecule is CC(C)(C)CNCc1nccc(N)n1. The zero-order valence-electron chi connectivity index (χ0n) is 9.04. The number of aromatic nitrogens is 2. The van der Waals surface area contributed by atoms with E-state index in [1.165, 1.54) is 0 Å². The largest absolute Gasteiger partial charge is 0.384 e. The lowest BCUT2D eigenvalue weighted by molar-refractivity contribution is 0.377. The van der Waals surface area contributed by atoms with Gasteiger partial charge < -0.3 is 11.1 Å². The van der Waals surface area contributed by atoms with Crippen molar-refractivity contribution >= 4 is 5.82 Å². The first-order chi connectivity index (χ1) is 6.47. The Bertz CT molecular complexity index is 290. The lowest BCUT2D eigenvalue weighted by atomic mass is 9.97. The van der Waals surface area contributed by atoms with Crippen LogP contribution < -0.4 is 11.1 Å². The monoisotopic (exact) mass is 194 g/mol. The first-order valence-corrected chi connectivity index (χ1v) is 4.75. The van der Waals surface area contributed by atoms with Gasteiger partial charge in [-0.3, -0.25) is 0 Å². The van der Waals surface area contributed by atoms with Gasteiger partial charge in [-0.1, -0.05) is 20.8 Å². The summed E-state index contributed by atoms with van der Waals surface area (Å²) in [5.41, 5.74) is 5.82. The van der Waals surface area contributed by atoms with Crippen molar-refractivity contribution in [2.75, 3.05) is 12.3 Å². The van der Waals surface area contributed by atoms with Crippen molar-refractivity contribution in [2.45, 2.75) is 27.3 Å². The van der Waals surface area contributed by atoms with Gasteiger partial charge in [-0.2, -0.15) is 0 Å². The summed E-state index contributed by atoms with van der Waals surface area (Å²) in [6.07, 6.45) is 1.68. The Morgan fingerprint density at radius 1 is 1.43 bits per heavy atom. The molecule has 4 heteroatoms. The highest BCUT2D eigenvalue weighted by Crippen LogP contribution is 2.10. The van der Waals surface area contributed by atoms with Crippen molar-refractivity contribution in [1.29, 1.82) is 0 Å².